The molecule has 4 nitrogen and oxygen atoms in total. The Bertz CT molecular complexity index is 624. The minimum absolute atomic E-state index is 0.286. The quantitative estimate of drug-likeness (QED) is 0.866. The van der Waals surface area contributed by atoms with Crippen molar-refractivity contribution in [2.45, 2.75) is 12.5 Å². The van der Waals surface area contributed by atoms with Gasteiger partial charge in [0.05, 0.1) is 32.1 Å². The van der Waals surface area contributed by atoms with Crippen LogP contribution in [-0.2, 0) is 0 Å². The number of rotatable bonds is 4. The van der Waals surface area contributed by atoms with Gasteiger partial charge in [-0.25, -0.2) is 9.37 Å². The van der Waals surface area contributed by atoms with E-state index in [-0.39, 0.29) is 11.4 Å². The number of pyridine rings is 1. The van der Waals surface area contributed by atoms with Gasteiger partial charge in [0.1, 0.15) is 17.2 Å². The van der Waals surface area contributed by atoms with Crippen molar-refractivity contribution in [2.75, 3.05) is 25.1 Å². The maximum Gasteiger partial charge on any atom is 0.213 e. The SMILES string of the molecule is COc1ccc(N2CC(C)(Oc3cccc(F)c3)C2)cn1. The molecule has 110 valence electrons. The molecule has 1 aromatic carbocycles. The number of anilines is 1. The van der Waals surface area contributed by atoms with Crippen molar-refractivity contribution in [1.82, 2.24) is 4.98 Å². The van der Waals surface area contributed by atoms with Crippen LogP contribution in [0.3, 0.4) is 0 Å². The highest BCUT2D eigenvalue weighted by Crippen LogP contribution is 2.31. The average molecular weight is 288 g/mol. The summed E-state index contributed by atoms with van der Waals surface area (Å²) in [5.74, 6) is 0.870. The number of hydrogen-bond acceptors (Lipinski definition) is 4. The van der Waals surface area contributed by atoms with Crippen molar-refractivity contribution in [3.8, 4) is 11.6 Å². The van der Waals surface area contributed by atoms with Crippen molar-refractivity contribution >= 4 is 5.69 Å². The number of ether oxygens (including phenoxy) is 2. The number of hydrogen-bond donors (Lipinski definition) is 0. The van der Waals surface area contributed by atoms with Crippen LogP contribution in [0.4, 0.5) is 10.1 Å². The Morgan fingerprint density at radius 2 is 2.05 bits per heavy atom. The van der Waals surface area contributed by atoms with Crippen molar-refractivity contribution in [3.05, 3.63) is 48.4 Å². The van der Waals surface area contributed by atoms with Crippen LogP contribution in [0.1, 0.15) is 6.92 Å². The first-order valence-electron chi connectivity index (χ1n) is 6.78. The zero-order valence-electron chi connectivity index (χ0n) is 12.0. The summed E-state index contributed by atoms with van der Waals surface area (Å²) < 4.78 is 24.1. The fourth-order valence-corrected chi connectivity index (χ4v) is 2.50. The molecule has 2 aromatic rings. The molecule has 5 heteroatoms. The topological polar surface area (TPSA) is 34.6 Å². The molecular weight excluding hydrogens is 271 g/mol. The lowest BCUT2D eigenvalue weighted by Gasteiger charge is -2.48. The van der Waals surface area contributed by atoms with Crippen LogP contribution in [0.15, 0.2) is 42.6 Å². The standard InChI is InChI=1S/C16H17FN2O2/c1-16(21-14-5-3-4-12(17)8-14)10-19(11-16)13-6-7-15(20-2)18-9-13/h3-9H,10-11H2,1-2H3. The highest BCUT2D eigenvalue weighted by molar-refractivity contribution is 5.49. The molecule has 0 atom stereocenters. The predicted octanol–water partition coefficient (Wildman–Crippen LogP) is 2.89. The molecule has 1 aromatic heterocycles. The molecule has 0 unspecified atom stereocenters. The smallest absolute Gasteiger partial charge is 0.213 e. The summed E-state index contributed by atoms with van der Waals surface area (Å²) >= 11 is 0. The summed E-state index contributed by atoms with van der Waals surface area (Å²) in [5, 5.41) is 0. The van der Waals surface area contributed by atoms with E-state index in [4.69, 9.17) is 9.47 Å². The highest BCUT2D eigenvalue weighted by atomic mass is 19.1. The average Bonchev–Trinajstić information content (AvgIpc) is 2.45. The number of methoxy groups -OCH3 is 1. The Morgan fingerprint density at radius 3 is 2.67 bits per heavy atom. The minimum atomic E-state index is -0.312. The summed E-state index contributed by atoms with van der Waals surface area (Å²) in [5.41, 5.74) is 0.712. The summed E-state index contributed by atoms with van der Waals surface area (Å²) in [6.45, 7) is 3.49. The fourth-order valence-electron chi connectivity index (χ4n) is 2.50. The first-order chi connectivity index (χ1) is 10.1. The van der Waals surface area contributed by atoms with E-state index < -0.39 is 0 Å². The molecule has 0 radical (unpaired) electrons. The van der Waals surface area contributed by atoms with Gasteiger partial charge in [0.2, 0.25) is 5.88 Å². The van der Waals surface area contributed by atoms with E-state index in [1.54, 1.807) is 25.4 Å². The van der Waals surface area contributed by atoms with Crippen molar-refractivity contribution in [3.63, 3.8) is 0 Å². The van der Waals surface area contributed by atoms with Crippen molar-refractivity contribution in [2.24, 2.45) is 0 Å². The Labute approximate surface area is 123 Å². The highest BCUT2D eigenvalue weighted by Gasteiger charge is 2.41. The molecule has 1 aliphatic rings. The normalized spacial score (nSPS) is 16.2. The molecule has 0 N–H and O–H groups in total. The second-order valence-corrected chi connectivity index (χ2v) is 5.42. The van der Waals surface area contributed by atoms with Crippen molar-refractivity contribution < 1.29 is 13.9 Å². The van der Waals surface area contributed by atoms with E-state index in [0.29, 0.717) is 11.6 Å². The number of halogens is 1. The van der Waals surface area contributed by atoms with E-state index in [1.807, 2.05) is 19.1 Å². The van der Waals surface area contributed by atoms with Crippen LogP contribution >= 0.6 is 0 Å². The second kappa shape index (κ2) is 5.24. The summed E-state index contributed by atoms with van der Waals surface area (Å²) in [7, 11) is 1.59. The van der Waals surface area contributed by atoms with Gasteiger partial charge >= 0.3 is 0 Å². The van der Waals surface area contributed by atoms with Crippen LogP contribution in [-0.4, -0.2) is 30.8 Å². The van der Waals surface area contributed by atoms with Crippen LogP contribution in [0, 0.1) is 5.82 Å². The largest absolute Gasteiger partial charge is 0.484 e. The first-order valence-corrected chi connectivity index (χ1v) is 6.78. The van der Waals surface area contributed by atoms with E-state index in [0.717, 1.165) is 18.8 Å². The van der Waals surface area contributed by atoms with Gasteiger partial charge in [0.25, 0.3) is 0 Å². The van der Waals surface area contributed by atoms with E-state index >= 15 is 0 Å². The van der Waals surface area contributed by atoms with Gasteiger partial charge in [0, 0.05) is 12.1 Å². The van der Waals surface area contributed by atoms with Gasteiger partial charge in [-0.05, 0) is 25.1 Å². The molecule has 0 amide bonds. The lowest BCUT2D eigenvalue weighted by atomic mass is 9.95. The Hall–Kier alpha value is -2.30. The number of nitrogens with zero attached hydrogens (tertiary/aromatic N) is 2. The van der Waals surface area contributed by atoms with Gasteiger partial charge in [-0.3, -0.25) is 0 Å². The minimum Gasteiger partial charge on any atom is -0.484 e. The van der Waals surface area contributed by atoms with E-state index in [9.17, 15) is 4.39 Å². The number of benzene rings is 1. The van der Waals surface area contributed by atoms with Gasteiger partial charge in [-0.2, -0.15) is 0 Å². The third-order valence-corrected chi connectivity index (χ3v) is 3.51. The van der Waals surface area contributed by atoms with Crippen molar-refractivity contribution in [1.29, 1.82) is 0 Å². The first kappa shape index (κ1) is 13.7. The molecule has 0 aliphatic carbocycles. The monoisotopic (exact) mass is 288 g/mol. The maximum atomic E-state index is 13.2. The van der Waals surface area contributed by atoms with Gasteiger partial charge < -0.3 is 14.4 Å². The van der Waals surface area contributed by atoms with Gasteiger partial charge in [0.15, 0.2) is 0 Å². The van der Waals surface area contributed by atoms with Gasteiger partial charge in [-0.15, -0.1) is 0 Å². The Balaban J connectivity index is 1.63. The molecule has 21 heavy (non-hydrogen) atoms. The summed E-state index contributed by atoms with van der Waals surface area (Å²) in [6, 6.07) is 10.0. The molecular formula is C16H17FN2O2. The number of aromatic nitrogens is 1. The van der Waals surface area contributed by atoms with Crippen LogP contribution < -0.4 is 14.4 Å². The van der Waals surface area contributed by atoms with E-state index in [2.05, 4.69) is 9.88 Å². The third kappa shape index (κ3) is 2.91. The predicted molar refractivity (Wildman–Crippen MR) is 78.4 cm³/mol. The molecule has 3 rings (SSSR count). The zero-order valence-corrected chi connectivity index (χ0v) is 12.0. The second-order valence-electron chi connectivity index (χ2n) is 5.42. The third-order valence-electron chi connectivity index (χ3n) is 3.51. The zero-order chi connectivity index (χ0) is 14.9. The molecule has 1 fully saturated rings. The van der Waals surface area contributed by atoms with Crippen LogP contribution in [0.2, 0.25) is 0 Å². The lowest BCUT2D eigenvalue weighted by Crippen LogP contribution is -2.63. The van der Waals surface area contributed by atoms with Crippen LogP contribution in [0.25, 0.3) is 0 Å². The fraction of sp³-hybridized carbons (Fsp3) is 0.312. The Morgan fingerprint density at radius 1 is 1.24 bits per heavy atom. The van der Waals surface area contributed by atoms with E-state index in [1.165, 1.54) is 12.1 Å². The molecule has 1 aliphatic heterocycles. The van der Waals surface area contributed by atoms with Gasteiger partial charge in [-0.1, -0.05) is 6.07 Å². The molecule has 0 spiro atoms. The molecule has 0 saturated carbocycles. The molecule has 2 heterocycles. The molecule has 0 bridgehead atoms. The molecule has 1 saturated heterocycles. The van der Waals surface area contributed by atoms with Crippen LogP contribution in [0.5, 0.6) is 11.6 Å². The lowest BCUT2D eigenvalue weighted by molar-refractivity contribution is 0.0577. The summed E-state index contributed by atoms with van der Waals surface area (Å²) in [4.78, 5) is 6.35. The maximum absolute atomic E-state index is 13.2. The Kier molecular flexibility index (Phi) is 3.41. The summed E-state index contributed by atoms with van der Waals surface area (Å²) in [6.07, 6.45) is 1.78.